The number of thiol groups is 1. The van der Waals surface area contributed by atoms with Gasteiger partial charge in [-0.3, -0.25) is 0 Å². The van der Waals surface area contributed by atoms with Gasteiger partial charge in [0.1, 0.15) is 0 Å². The molecule has 0 radical (unpaired) electrons. The molecule has 0 amide bonds. The van der Waals surface area contributed by atoms with Gasteiger partial charge in [0.05, 0.1) is 0 Å². The zero-order chi connectivity index (χ0) is 4.12. The number of hydrogen-bond acceptors (Lipinski definition) is 2. The predicted molar refractivity (Wildman–Crippen MR) is 34.7 cm³/mol. The van der Waals surface area contributed by atoms with Crippen LogP contribution < -0.4 is 0 Å². The Bertz CT molecular complexity index is 28.8. The summed E-state index contributed by atoms with van der Waals surface area (Å²) in [4.78, 5) is 0. The molecule has 3 heteroatoms. The third kappa shape index (κ3) is 4.63. The van der Waals surface area contributed by atoms with Crippen molar-refractivity contribution in [1.29, 1.82) is 0 Å². The van der Waals surface area contributed by atoms with Crippen LogP contribution >= 0.6 is 22.5 Å². The molecule has 0 aromatic rings. The third-order valence-electron chi connectivity index (χ3n) is 0.192. The zero-order valence-corrected chi connectivity index (χ0v) is 4.56. The van der Waals surface area contributed by atoms with E-state index >= 15 is 0 Å². The Morgan fingerprint density at radius 1 is 2.00 bits per heavy atom. The molecule has 0 bridgehead atoms. The van der Waals surface area contributed by atoms with Gasteiger partial charge >= 0.3 is 41.7 Å². The van der Waals surface area contributed by atoms with Crippen LogP contribution in [0.5, 0.6) is 0 Å². The molecule has 0 rings (SSSR count). The number of rotatable bonds is 2. The van der Waals surface area contributed by atoms with Crippen LogP contribution in [0.15, 0.2) is 0 Å². The van der Waals surface area contributed by atoms with Gasteiger partial charge in [0.25, 0.3) is 0 Å². The van der Waals surface area contributed by atoms with Gasteiger partial charge < -0.3 is 0 Å². The average molecular weight is 104 g/mol. The van der Waals surface area contributed by atoms with E-state index in [1.165, 1.54) is 10.8 Å². The van der Waals surface area contributed by atoms with Crippen LogP contribution in [-0.4, -0.2) is 19.2 Å². The number of hydrogen-bond donors (Lipinski definition) is 1. The Morgan fingerprint density at radius 2 is 2.60 bits per heavy atom. The summed E-state index contributed by atoms with van der Waals surface area (Å²) >= 11 is 3.85. The van der Waals surface area contributed by atoms with Crippen molar-refractivity contribution in [2.75, 3.05) is 5.75 Å². The van der Waals surface area contributed by atoms with Gasteiger partial charge in [-0.15, -0.1) is 0 Å². The summed E-state index contributed by atoms with van der Waals surface area (Å²) in [6, 6.07) is 0. The molecule has 28 valence electrons. The Hall–Kier alpha value is 0.635. The summed E-state index contributed by atoms with van der Waals surface area (Å²) in [6.07, 6.45) is 0. The quantitative estimate of drug-likeness (QED) is 0.298. The van der Waals surface area contributed by atoms with E-state index in [-0.39, 0.29) is 0 Å². The van der Waals surface area contributed by atoms with Gasteiger partial charge in [-0.05, 0) is 0 Å². The summed E-state index contributed by atoms with van der Waals surface area (Å²) in [5.41, 5.74) is 0. The summed E-state index contributed by atoms with van der Waals surface area (Å²) in [5.74, 6) is 2.75. The van der Waals surface area contributed by atoms with Crippen LogP contribution in [0.25, 0.3) is 0 Å². The molecule has 0 aromatic carbocycles. The van der Waals surface area contributed by atoms with E-state index in [0.717, 1.165) is 5.75 Å². The molecule has 0 heterocycles. The molecule has 0 atom stereocenters. The van der Waals surface area contributed by atoms with E-state index in [1.54, 1.807) is 0 Å². The van der Waals surface area contributed by atoms with E-state index in [0.29, 0.717) is 0 Å². The van der Waals surface area contributed by atoms with Crippen molar-refractivity contribution in [1.82, 2.24) is 0 Å². The van der Waals surface area contributed by atoms with Crippen LogP contribution in [0.2, 0.25) is 0 Å². The first-order chi connectivity index (χ1) is 2.41. The van der Waals surface area contributed by atoms with Gasteiger partial charge in [-0.25, -0.2) is 0 Å². The van der Waals surface area contributed by atoms with Crippen LogP contribution in [-0.2, 0) is 0 Å². The molecule has 0 aromatic heterocycles. The van der Waals surface area contributed by atoms with E-state index in [2.05, 4.69) is 19.1 Å². The van der Waals surface area contributed by atoms with Gasteiger partial charge in [-0.2, -0.15) is 0 Å². The molecule has 0 unspecified atom stereocenters. The van der Waals surface area contributed by atoms with Gasteiger partial charge in [0, 0.05) is 0 Å². The molecule has 0 aliphatic heterocycles. The molecule has 0 N–H and O–H groups in total. The van der Waals surface area contributed by atoms with E-state index in [4.69, 9.17) is 0 Å². The molecular weight excluding hydrogens is 99.0 g/mol. The summed E-state index contributed by atoms with van der Waals surface area (Å²) < 4.78 is 0. The first kappa shape index (κ1) is 5.63. The fourth-order valence-corrected chi connectivity index (χ4v) is 0.474. The van der Waals surface area contributed by atoms with Crippen LogP contribution in [0.3, 0.4) is 0 Å². The molecule has 0 saturated carbocycles. The van der Waals surface area contributed by atoms with Gasteiger partial charge in [0.2, 0.25) is 0 Å². The fraction of sp³-hybridized carbons (Fsp3) is 0.500. The molecule has 0 nitrogen and oxygen atoms in total. The second-order valence-electron chi connectivity index (χ2n) is 0.584. The topological polar surface area (TPSA) is 0 Å². The van der Waals surface area contributed by atoms with E-state index in [1.807, 2.05) is 5.97 Å². The Morgan fingerprint density at radius 3 is 2.60 bits per heavy atom. The summed E-state index contributed by atoms with van der Waals surface area (Å²) in [6.45, 7) is 0. The molecular formula is C2H5BS2. The second kappa shape index (κ2) is 4.63. The Balaban J connectivity index is 2.40. The summed E-state index contributed by atoms with van der Waals surface area (Å²) in [7, 11) is 4.96. The van der Waals surface area contributed by atoms with Crippen LogP contribution in [0.4, 0.5) is 0 Å². The molecule has 0 aliphatic rings. The third-order valence-corrected chi connectivity index (χ3v) is 1.02. The van der Waals surface area contributed by atoms with Crippen molar-refractivity contribution >= 4 is 35.9 Å². The molecule has 0 aliphatic carbocycles. The van der Waals surface area contributed by atoms with Crippen molar-refractivity contribution < 1.29 is 0 Å². The second-order valence-corrected chi connectivity index (χ2v) is 1.95. The van der Waals surface area contributed by atoms with Gasteiger partial charge in [0.15, 0.2) is 0 Å². The van der Waals surface area contributed by atoms with Crippen molar-refractivity contribution in [3.8, 4) is 0 Å². The van der Waals surface area contributed by atoms with Crippen molar-refractivity contribution in [2.24, 2.45) is 0 Å². The first-order valence-corrected chi connectivity index (χ1v) is 3.33. The Labute approximate surface area is 42.2 Å². The normalized spacial score (nSPS) is 7.20. The zero-order valence-electron chi connectivity index (χ0n) is 2.85. The fourth-order valence-electron chi connectivity index (χ4n) is 0.0527. The van der Waals surface area contributed by atoms with E-state index in [9.17, 15) is 0 Å². The molecule has 5 heavy (non-hydrogen) atoms. The van der Waals surface area contributed by atoms with Crippen molar-refractivity contribution in [3.05, 3.63) is 0 Å². The van der Waals surface area contributed by atoms with Gasteiger partial charge in [-0.1, -0.05) is 0 Å². The average Bonchev–Trinajstić information content (AvgIpc) is 1.41. The standard InChI is InChI=1S/C2H5BS2/c3-1-2-5-4/h1,3-4H,2H2. The van der Waals surface area contributed by atoms with Crippen LogP contribution in [0, 0.1) is 0 Å². The van der Waals surface area contributed by atoms with Crippen molar-refractivity contribution in [2.45, 2.75) is 0 Å². The maximum absolute atomic E-state index is 3.85. The Kier molecular flexibility index (Phi) is 5.22. The van der Waals surface area contributed by atoms with Crippen LogP contribution in [0.1, 0.15) is 0 Å². The van der Waals surface area contributed by atoms with Crippen molar-refractivity contribution in [3.63, 3.8) is 0 Å². The monoisotopic (exact) mass is 104 g/mol. The molecule has 0 fully saturated rings. The maximum atomic E-state index is 3.85. The summed E-state index contributed by atoms with van der Waals surface area (Å²) in [5, 5.41) is 0. The molecule has 0 spiro atoms. The van der Waals surface area contributed by atoms with E-state index < -0.39 is 0 Å². The minimum absolute atomic E-state index is 0.934. The molecule has 0 saturated heterocycles. The minimum atomic E-state index is 0.934. The predicted octanol–water partition coefficient (Wildman–Crippen LogP) is 0.267. The SMILES string of the molecule is B=CCSS. The first-order valence-electron chi connectivity index (χ1n) is 1.29.